The Kier molecular flexibility index (Phi) is 60.5. The summed E-state index contributed by atoms with van der Waals surface area (Å²) < 4.78 is 17.5. The normalized spacial score (nSPS) is 11.5. The number of thiocarbonyl (C=S) groups is 1. The molecule has 0 aliphatic rings. The number of nitrogens with one attached hydrogen (secondary N) is 5. The van der Waals surface area contributed by atoms with Gasteiger partial charge in [0, 0.05) is 26.2 Å². The van der Waals surface area contributed by atoms with Crippen molar-refractivity contribution in [1.82, 2.24) is 31.5 Å². The number of unbranched alkanes of at least 4 members (excludes halogenated alkanes) is 45. The number of carbonyl (C=O) groups is 3. The number of alkyl carbamates (subject to hydrolysis) is 3. The van der Waals surface area contributed by atoms with Crippen molar-refractivity contribution in [3.8, 4) is 0 Å². The molecule has 0 fully saturated rings. The van der Waals surface area contributed by atoms with Gasteiger partial charge in [0.05, 0.1) is 0 Å². The van der Waals surface area contributed by atoms with Crippen molar-refractivity contribution in [3.63, 3.8) is 0 Å². The van der Waals surface area contributed by atoms with Crippen LogP contribution in [0.2, 0.25) is 0 Å². The van der Waals surface area contributed by atoms with Crippen LogP contribution in [0.1, 0.15) is 335 Å². The van der Waals surface area contributed by atoms with E-state index in [0.717, 1.165) is 70.8 Å². The smallest absolute Gasteiger partial charge is 0.407 e. The van der Waals surface area contributed by atoms with Crippen LogP contribution in [0.25, 0.3) is 0 Å². The van der Waals surface area contributed by atoms with Crippen molar-refractivity contribution in [2.75, 3.05) is 66.6 Å². The molecule has 80 heavy (non-hydrogen) atoms. The quantitative estimate of drug-likeness (QED) is 0.0227. The fraction of sp³-hybridized carbons (Fsp3) is 0.940. The molecule has 13 heteroatoms. The molecule has 0 heterocycles. The Hall–Kier alpha value is -2.54. The van der Waals surface area contributed by atoms with Crippen LogP contribution in [0.3, 0.4) is 0 Å². The van der Waals surface area contributed by atoms with Crippen molar-refractivity contribution in [1.29, 1.82) is 0 Å². The molecule has 3 amide bonds. The third-order valence-electron chi connectivity index (χ3n) is 15.8. The monoisotopic (exact) mass is 1150 g/mol. The van der Waals surface area contributed by atoms with Crippen LogP contribution in [0, 0.1) is 0 Å². The molecule has 0 aromatic carbocycles. The molecule has 0 atom stereocenters. The minimum Gasteiger partial charge on any atom is -0.447 e. The summed E-state index contributed by atoms with van der Waals surface area (Å²) in [5.74, 6) is 0. The molecule has 0 saturated carbocycles. The molecule has 474 valence electrons. The molecule has 0 aliphatic carbocycles. The zero-order valence-electron chi connectivity index (χ0n) is 53.6. The second-order valence-electron chi connectivity index (χ2n) is 24.2. The number of rotatable bonds is 62. The van der Waals surface area contributed by atoms with Gasteiger partial charge >= 0.3 is 18.3 Å². The maximum absolute atomic E-state index is 13.2. The van der Waals surface area contributed by atoms with Gasteiger partial charge in [-0.1, -0.05) is 310 Å². The van der Waals surface area contributed by atoms with Gasteiger partial charge in [-0.25, -0.2) is 14.4 Å². The Bertz CT molecular complexity index is 1210. The van der Waals surface area contributed by atoms with Crippen molar-refractivity contribution in [3.05, 3.63) is 0 Å². The van der Waals surface area contributed by atoms with Crippen molar-refractivity contribution in [2.24, 2.45) is 0 Å². The fourth-order valence-electron chi connectivity index (χ4n) is 10.5. The van der Waals surface area contributed by atoms with Crippen LogP contribution < -0.4 is 26.6 Å². The maximum Gasteiger partial charge on any atom is 0.407 e. The Morgan fingerprint density at radius 3 is 0.725 bits per heavy atom. The molecule has 0 saturated heterocycles. The van der Waals surface area contributed by atoms with Crippen LogP contribution in [0.4, 0.5) is 14.4 Å². The molecule has 0 radical (unpaired) electrons. The van der Waals surface area contributed by atoms with E-state index in [1.54, 1.807) is 0 Å². The number of hydrogen-bond acceptors (Lipinski definition) is 8. The predicted octanol–water partition coefficient (Wildman–Crippen LogP) is 19.1. The summed E-state index contributed by atoms with van der Waals surface area (Å²) in [6.45, 7) is 9.04. The summed E-state index contributed by atoms with van der Waals surface area (Å²) in [4.78, 5) is 41.7. The lowest BCUT2D eigenvalue weighted by Crippen LogP contribution is -2.62. The van der Waals surface area contributed by atoms with Crippen LogP contribution in [0.5, 0.6) is 0 Å². The standard InChI is InChI=1S/C67H134N6O6S/c1-6-9-12-15-18-21-24-27-30-33-36-39-42-45-48-51-55-69-64(74)77-60-67(72-63(80)68-58-54-59-73(4)5,61-78-65(75)70-56-52-49-46-43-40-37-34-31-28-25-22-19-16-13-10-7-2)62-79-66(76)71-57-53-50-47-44-41-38-35-32-29-26-23-20-17-14-11-8-3/h6-62H2,1-5H3,(H,69,74)(H,70,75)(H,71,76)(H2,68,72,80). The van der Waals surface area contributed by atoms with Crippen molar-refractivity contribution < 1.29 is 28.6 Å². The summed E-state index contributed by atoms with van der Waals surface area (Å²) in [6.07, 6.45) is 60.9. The van der Waals surface area contributed by atoms with Crippen molar-refractivity contribution >= 4 is 35.6 Å². The summed E-state index contributed by atoms with van der Waals surface area (Å²) in [7, 11) is 4.05. The van der Waals surface area contributed by atoms with Gasteiger partial charge < -0.3 is 45.7 Å². The van der Waals surface area contributed by atoms with E-state index in [1.807, 2.05) is 14.1 Å². The number of ether oxygens (including phenoxy) is 3. The SMILES string of the molecule is CCCCCCCCCCCCCCCCCCNC(=O)OCC(COC(=O)NCCCCCCCCCCCCCCCCCC)(COC(=O)NCCCCCCCCCCCCCCCCCC)NC(=S)NCCCN(C)C. The molecule has 0 aromatic rings. The van der Waals surface area contributed by atoms with Gasteiger partial charge in [0.15, 0.2) is 5.11 Å². The highest BCUT2D eigenvalue weighted by Gasteiger charge is 2.37. The second-order valence-corrected chi connectivity index (χ2v) is 24.6. The number of hydrogen-bond donors (Lipinski definition) is 5. The number of nitrogens with zero attached hydrogens (tertiary/aromatic N) is 1. The van der Waals surface area contributed by atoms with Crippen LogP contribution in [-0.4, -0.2) is 100 Å². The minimum absolute atomic E-state index is 0.254. The topological polar surface area (TPSA) is 142 Å². The summed E-state index contributed by atoms with van der Waals surface area (Å²) in [6, 6.07) is 0. The third-order valence-corrected chi connectivity index (χ3v) is 16.0. The Balaban J connectivity index is 5.13. The lowest BCUT2D eigenvalue weighted by molar-refractivity contribution is 0.0230. The first-order valence-electron chi connectivity index (χ1n) is 34.6. The largest absolute Gasteiger partial charge is 0.447 e. The maximum atomic E-state index is 13.2. The molecular formula is C67H134N6O6S. The number of carbonyl (C=O) groups excluding carboxylic acids is 3. The molecule has 5 N–H and O–H groups in total. The highest BCUT2D eigenvalue weighted by molar-refractivity contribution is 7.80. The Morgan fingerprint density at radius 1 is 0.312 bits per heavy atom. The summed E-state index contributed by atoms with van der Waals surface area (Å²) >= 11 is 5.76. The first-order chi connectivity index (χ1) is 39.2. The first kappa shape index (κ1) is 77.5. The second kappa shape index (κ2) is 62.5. The van der Waals surface area contributed by atoms with E-state index in [9.17, 15) is 14.4 Å². The van der Waals surface area contributed by atoms with Gasteiger partial charge in [-0.15, -0.1) is 0 Å². The van der Waals surface area contributed by atoms with E-state index in [2.05, 4.69) is 52.3 Å². The highest BCUT2D eigenvalue weighted by atomic mass is 32.1. The summed E-state index contributed by atoms with van der Waals surface area (Å²) in [5, 5.41) is 15.5. The molecule has 0 unspecified atom stereocenters. The van der Waals surface area contributed by atoms with Gasteiger partial charge in [-0.3, -0.25) is 0 Å². The molecular weight excluding hydrogens is 1020 g/mol. The Morgan fingerprint density at radius 2 is 0.512 bits per heavy atom. The predicted molar refractivity (Wildman–Crippen MR) is 346 cm³/mol. The average Bonchev–Trinajstić information content (AvgIpc) is 3.48. The number of amides is 3. The van der Waals surface area contributed by atoms with Gasteiger partial charge in [0.1, 0.15) is 25.4 Å². The average molecular weight is 1150 g/mol. The molecule has 0 aromatic heterocycles. The van der Waals surface area contributed by atoms with Crippen LogP contribution in [-0.2, 0) is 14.2 Å². The lowest BCUT2D eigenvalue weighted by Gasteiger charge is -2.34. The van der Waals surface area contributed by atoms with Crippen LogP contribution >= 0.6 is 12.2 Å². The molecule has 0 aliphatic heterocycles. The molecule has 0 rings (SSSR count). The minimum atomic E-state index is -1.35. The fourth-order valence-corrected chi connectivity index (χ4v) is 10.8. The van der Waals surface area contributed by atoms with E-state index in [1.165, 1.54) is 250 Å². The Labute approximate surface area is 501 Å². The van der Waals surface area contributed by atoms with E-state index >= 15 is 0 Å². The van der Waals surface area contributed by atoms with Gasteiger partial charge in [-0.05, 0) is 58.5 Å². The highest BCUT2D eigenvalue weighted by Crippen LogP contribution is 2.18. The van der Waals surface area contributed by atoms with E-state index < -0.39 is 23.8 Å². The molecule has 12 nitrogen and oxygen atoms in total. The van der Waals surface area contributed by atoms with Crippen LogP contribution in [0.15, 0.2) is 0 Å². The zero-order valence-corrected chi connectivity index (χ0v) is 54.4. The summed E-state index contributed by atoms with van der Waals surface area (Å²) in [5.41, 5.74) is -1.35. The van der Waals surface area contributed by atoms with Gasteiger partial charge in [0.25, 0.3) is 0 Å². The third kappa shape index (κ3) is 58.6. The van der Waals surface area contributed by atoms with E-state index in [-0.39, 0.29) is 24.9 Å². The van der Waals surface area contributed by atoms with E-state index in [4.69, 9.17) is 26.4 Å². The van der Waals surface area contributed by atoms with Gasteiger partial charge in [0.2, 0.25) is 0 Å². The van der Waals surface area contributed by atoms with Crippen molar-refractivity contribution in [2.45, 2.75) is 341 Å². The molecule has 0 spiro atoms. The zero-order chi connectivity index (χ0) is 58.3. The van der Waals surface area contributed by atoms with E-state index in [0.29, 0.717) is 26.2 Å². The lowest BCUT2D eigenvalue weighted by atomic mass is 10.0. The molecule has 0 bridgehead atoms. The first-order valence-corrected chi connectivity index (χ1v) is 35.0. The van der Waals surface area contributed by atoms with Gasteiger partial charge in [-0.2, -0.15) is 0 Å².